The lowest BCUT2D eigenvalue weighted by Gasteiger charge is -2.17. The molecule has 1 amide bonds. The summed E-state index contributed by atoms with van der Waals surface area (Å²) in [6.45, 7) is 9.26. The van der Waals surface area contributed by atoms with Gasteiger partial charge < -0.3 is 19.5 Å². The summed E-state index contributed by atoms with van der Waals surface area (Å²) in [5.74, 6) is 1.53. The van der Waals surface area contributed by atoms with E-state index in [0.29, 0.717) is 34.3 Å². The summed E-state index contributed by atoms with van der Waals surface area (Å²) in [5.41, 5.74) is 4.89. The molecule has 9 nitrogen and oxygen atoms in total. The summed E-state index contributed by atoms with van der Waals surface area (Å²) in [4.78, 5) is 13.9. The fourth-order valence-corrected chi connectivity index (χ4v) is 4.42. The Morgan fingerprint density at radius 3 is 2.23 bits per heavy atom. The average molecular weight is 501 g/mol. The van der Waals surface area contributed by atoms with Crippen LogP contribution < -0.4 is 14.8 Å². The maximum absolute atomic E-state index is 12.3. The standard InChI is InChI=1S/C25H32N4O5S/c1-8-35(31,32)28-21-11-19(24-17(4)27-34-18(24)5)12-22(13-21)33-25-15(2)9-20(10-16(25)3)26-23(30)14-29(6)7/h9-13,28H,8,14H2,1-7H3,(H,26,30). The highest BCUT2D eigenvalue weighted by Crippen LogP contribution is 2.37. The predicted molar refractivity (Wildman–Crippen MR) is 138 cm³/mol. The lowest BCUT2D eigenvalue weighted by molar-refractivity contribution is -0.116. The number of rotatable bonds is 9. The molecule has 0 unspecified atom stereocenters. The number of hydrogen-bond acceptors (Lipinski definition) is 7. The number of ether oxygens (including phenoxy) is 1. The third kappa shape index (κ3) is 6.61. The first-order valence-corrected chi connectivity index (χ1v) is 12.9. The summed E-state index contributed by atoms with van der Waals surface area (Å²) >= 11 is 0. The van der Waals surface area contributed by atoms with Crippen LogP contribution in [0.15, 0.2) is 34.9 Å². The lowest BCUT2D eigenvalue weighted by atomic mass is 10.0. The summed E-state index contributed by atoms with van der Waals surface area (Å²) in [6, 6.07) is 8.88. The van der Waals surface area contributed by atoms with Gasteiger partial charge in [0.15, 0.2) is 0 Å². The van der Waals surface area contributed by atoms with Gasteiger partial charge >= 0.3 is 0 Å². The Bertz CT molecular complexity index is 1300. The molecular weight excluding hydrogens is 468 g/mol. The van der Waals surface area contributed by atoms with Crippen LogP contribution in [0.2, 0.25) is 0 Å². The van der Waals surface area contributed by atoms with Crippen molar-refractivity contribution in [1.82, 2.24) is 10.1 Å². The Balaban J connectivity index is 2.00. The van der Waals surface area contributed by atoms with E-state index in [1.165, 1.54) is 0 Å². The van der Waals surface area contributed by atoms with Crippen molar-refractivity contribution in [1.29, 1.82) is 0 Å². The van der Waals surface area contributed by atoms with E-state index in [1.807, 2.05) is 53.1 Å². The Morgan fingerprint density at radius 1 is 1.03 bits per heavy atom. The molecule has 1 aromatic heterocycles. The third-order valence-corrected chi connectivity index (χ3v) is 6.61. The van der Waals surface area contributed by atoms with Crippen molar-refractivity contribution in [3.63, 3.8) is 0 Å². The number of benzene rings is 2. The number of hydrogen-bond donors (Lipinski definition) is 2. The highest BCUT2D eigenvalue weighted by molar-refractivity contribution is 7.92. The zero-order chi connectivity index (χ0) is 25.9. The van der Waals surface area contributed by atoms with Crippen molar-refractivity contribution >= 4 is 27.3 Å². The average Bonchev–Trinajstić information content (AvgIpc) is 3.07. The molecule has 0 aliphatic carbocycles. The van der Waals surface area contributed by atoms with E-state index in [0.717, 1.165) is 22.3 Å². The molecule has 0 radical (unpaired) electrons. The van der Waals surface area contributed by atoms with Crippen LogP contribution in [-0.2, 0) is 14.8 Å². The number of nitrogens with one attached hydrogen (secondary N) is 2. The molecule has 0 saturated heterocycles. The maximum Gasteiger partial charge on any atom is 0.238 e. The molecule has 0 aliphatic heterocycles. The molecule has 0 spiro atoms. The highest BCUT2D eigenvalue weighted by atomic mass is 32.2. The minimum Gasteiger partial charge on any atom is -0.457 e. The number of carbonyl (C=O) groups excluding carboxylic acids is 1. The van der Waals surface area contributed by atoms with Gasteiger partial charge in [0.05, 0.1) is 23.7 Å². The van der Waals surface area contributed by atoms with Crippen LogP contribution in [0.4, 0.5) is 11.4 Å². The molecule has 0 atom stereocenters. The molecule has 0 aliphatic rings. The second kappa shape index (κ2) is 10.5. The lowest BCUT2D eigenvalue weighted by Crippen LogP contribution is -2.27. The second-order valence-electron chi connectivity index (χ2n) is 8.78. The van der Waals surface area contributed by atoms with Crippen LogP contribution in [0.5, 0.6) is 11.5 Å². The van der Waals surface area contributed by atoms with Gasteiger partial charge in [0.25, 0.3) is 0 Å². The highest BCUT2D eigenvalue weighted by Gasteiger charge is 2.17. The number of likely N-dealkylation sites (N-methyl/N-ethyl adjacent to an activating group) is 1. The van der Waals surface area contributed by atoms with E-state index in [1.54, 1.807) is 30.9 Å². The van der Waals surface area contributed by atoms with Crippen LogP contribution in [0.1, 0.15) is 29.5 Å². The molecular formula is C25H32N4O5S. The Labute approximate surface area is 206 Å². The molecule has 3 rings (SSSR count). The Hall–Kier alpha value is -3.37. The van der Waals surface area contributed by atoms with Crippen LogP contribution >= 0.6 is 0 Å². The maximum atomic E-state index is 12.3. The van der Waals surface area contributed by atoms with Gasteiger partial charge in [0.2, 0.25) is 15.9 Å². The number of nitrogens with zero attached hydrogens (tertiary/aromatic N) is 2. The minimum absolute atomic E-state index is 0.0576. The van der Waals surface area contributed by atoms with Crippen LogP contribution in [0, 0.1) is 27.7 Å². The van der Waals surface area contributed by atoms with Gasteiger partial charge in [-0.15, -0.1) is 0 Å². The summed E-state index contributed by atoms with van der Waals surface area (Å²) in [6.07, 6.45) is 0. The largest absolute Gasteiger partial charge is 0.457 e. The molecule has 0 fully saturated rings. The first-order chi connectivity index (χ1) is 16.4. The fraction of sp³-hybridized carbons (Fsp3) is 0.360. The molecule has 2 N–H and O–H groups in total. The summed E-state index contributed by atoms with van der Waals surface area (Å²) in [5, 5.41) is 6.91. The molecule has 3 aromatic rings. The monoisotopic (exact) mass is 500 g/mol. The SMILES string of the molecule is CCS(=O)(=O)Nc1cc(Oc2c(C)cc(NC(=O)CN(C)C)cc2C)cc(-c2c(C)noc2C)c1. The van der Waals surface area contributed by atoms with Crippen LogP contribution in [-0.4, -0.2) is 50.8 Å². The van der Waals surface area contributed by atoms with E-state index in [2.05, 4.69) is 15.2 Å². The van der Waals surface area contributed by atoms with Crippen molar-refractivity contribution in [2.24, 2.45) is 0 Å². The van der Waals surface area contributed by atoms with Crippen molar-refractivity contribution < 1.29 is 22.5 Å². The second-order valence-corrected chi connectivity index (χ2v) is 10.8. The predicted octanol–water partition coefficient (Wildman–Crippen LogP) is 4.63. The minimum atomic E-state index is -3.50. The summed E-state index contributed by atoms with van der Waals surface area (Å²) < 4.78 is 38.7. The van der Waals surface area contributed by atoms with Crippen molar-refractivity contribution in [3.05, 3.63) is 52.9 Å². The molecule has 10 heteroatoms. The van der Waals surface area contributed by atoms with Crippen molar-refractivity contribution in [2.75, 3.05) is 36.4 Å². The van der Waals surface area contributed by atoms with Crippen molar-refractivity contribution in [2.45, 2.75) is 34.6 Å². The topological polar surface area (TPSA) is 114 Å². The van der Waals surface area contributed by atoms with E-state index in [4.69, 9.17) is 9.26 Å². The molecule has 0 saturated carbocycles. The van der Waals surface area contributed by atoms with Gasteiger partial charge in [-0.25, -0.2) is 8.42 Å². The number of sulfonamides is 1. The van der Waals surface area contributed by atoms with Crippen molar-refractivity contribution in [3.8, 4) is 22.6 Å². The van der Waals surface area contributed by atoms with E-state index in [-0.39, 0.29) is 18.2 Å². The van der Waals surface area contributed by atoms with Crippen LogP contribution in [0.25, 0.3) is 11.1 Å². The smallest absolute Gasteiger partial charge is 0.238 e. The first-order valence-electron chi connectivity index (χ1n) is 11.2. The van der Waals surface area contributed by atoms with Crippen LogP contribution in [0.3, 0.4) is 0 Å². The number of aromatic nitrogens is 1. The molecule has 2 aromatic carbocycles. The number of amides is 1. The normalized spacial score (nSPS) is 11.5. The van der Waals surface area contributed by atoms with Gasteiger partial charge in [0.1, 0.15) is 17.3 Å². The quantitative estimate of drug-likeness (QED) is 0.440. The zero-order valence-electron chi connectivity index (χ0n) is 21.1. The Morgan fingerprint density at radius 2 is 1.69 bits per heavy atom. The molecule has 188 valence electrons. The van der Waals surface area contributed by atoms with Gasteiger partial charge in [-0.3, -0.25) is 9.52 Å². The molecule has 35 heavy (non-hydrogen) atoms. The van der Waals surface area contributed by atoms with E-state index in [9.17, 15) is 13.2 Å². The van der Waals surface area contributed by atoms with Gasteiger partial charge in [-0.05, 0) is 89.7 Å². The summed E-state index contributed by atoms with van der Waals surface area (Å²) in [7, 11) is 0.165. The number of carbonyl (C=O) groups is 1. The third-order valence-electron chi connectivity index (χ3n) is 5.31. The number of anilines is 2. The van der Waals surface area contributed by atoms with E-state index < -0.39 is 10.0 Å². The zero-order valence-corrected chi connectivity index (χ0v) is 22.0. The van der Waals surface area contributed by atoms with Gasteiger partial charge in [0, 0.05) is 17.3 Å². The number of aryl methyl sites for hydroxylation is 4. The van der Waals surface area contributed by atoms with Gasteiger partial charge in [-0.1, -0.05) is 5.16 Å². The van der Waals surface area contributed by atoms with Gasteiger partial charge in [-0.2, -0.15) is 0 Å². The Kier molecular flexibility index (Phi) is 7.86. The fourth-order valence-electron chi connectivity index (χ4n) is 3.80. The van der Waals surface area contributed by atoms with E-state index >= 15 is 0 Å². The molecule has 1 heterocycles. The first kappa shape index (κ1) is 26.2. The molecule has 0 bridgehead atoms.